The summed E-state index contributed by atoms with van der Waals surface area (Å²) in [5.41, 5.74) is 0.562. The van der Waals surface area contributed by atoms with Gasteiger partial charge in [-0.25, -0.2) is 0 Å². The van der Waals surface area contributed by atoms with Crippen LogP contribution in [0.5, 0.6) is 5.75 Å². The van der Waals surface area contributed by atoms with Crippen LogP contribution in [0.1, 0.15) is 35.2 Å². The zero-order valence-electron chi connectivity index (χ0n) is 12.8. The van der Waals surface area contributed by atoms with Crippen LogP contribution in [0.25, 0.3) is 0 Å². The number of carbonyl (C=O) groups excluding carboxylic acids is 1. The average molecular weight is 314 g/mol. The zero-order chi connectivity index (χ0) is 16.7. The number of nitrogens with one attached hydrogen (secondary N) is 1. The molecule has 0 aliphatic rings. The van der Waals surface area contributed by atoms with Gasteiger partial charge in [-0.2, -0.15) is 5.26 Å². The van der Waals surface area contributed by atoms with Crippen LogP contribution in [0.15, 0.2) is 40.8 Å². The largest absolute Gasteiger partial charge is 0.486 e. The second-order valence-corrected chi connectivity index (χ2v) is 5.08. The monoisotopic (exact) mass is 314 g/mol. The first kappa shape index (κ1) is 16.6. The van der Waals surface area contributed by atoms with Crippen LogP contribution in [0, 0.1) is 11.3 Å². The number of furan rings is 1. The number of hydrogen-bond acceptors (Lipinski definition) is 5. The summed E-state index contributed by atoms with van der Waals surface area (Å²) in [4.78, 5) is 11.8. The summed E-state index contributed by atoms with van der Waals surface area (Å²) in [5.74, 6) is 1.02. The lowest BCUT2D eigenvalue weighted by atomic mass is 10.2. The van der Waals surface area contributed by atoms with Crippen molar-refractivity contribution in [2.45, 2.75) is 26.1 Å². The van der Waals surface area contributed by atoms with Gasteiger partial charge < -0.3 is 19.6 Å². The van der Waals surface area contributed by atoms with E-state index in [0.717, 1.165) is 0 Å². The van der Waals surface area contributed by atoms with Gasteiger partial charge in [-0.15, -0.1) is 0 Å². The Hall–Kier alpha value is -2.78. The lowest BCUT2D eigenvalue weighted by Gasteiger charge is -2.05. The molecule has 6 nitrogen and oxygen atoms in total. The lowest BCUT2D eigenvalue weighted by Crippen LogP contribution is -2.26. The van der Waals surface area contributed by atoms with Crippen LogP contribution in [-0.4, -0.2) is 23.7 Å². The van der Waals surface area contributed by atoms with E-state index in [-0.39, 0.29) is 18.3 Å². The van der Waals surface area contributed by atoms with Gasteiger partial charge in [0.1, 0.15) is 18.1 Å². The highest BCUT2D eigenvalue weighted by Crippen LogP contribution is 2.15. The molecule has 2 aromatic rings. The maximum Gasteiger partial charge on any atom is 0.286 e. The van der Waals surface area contributed by atoms with Crippen molar-refractivity contribution in [1.82, 2.24) is 5.32 Å². The Labute approximate surface area is 134 Å². The predicted molar refractivity (Wildman–Crippen MR) is 82.8 cm³/mol. The summed E-state index contributed by atoms with van der Waals surface area (Å²) in [5, 5.41) is 20.5. The fourth-order valence-electron chi connectivity index (χ4n) is 1.84. The molecular weight excluding hydrogens is 296 g/mol. The highest BCUT2D eigenvalue weighted by molar-refractivity contribution is 5.91. The van der Waals surface area contributed by atoms with Gasteiger partial charge in [-0.1, -0.05) is 0 Å². The maximum absolute atomic E-state index is 11.8. The molecule has 0 aliphatic carbocycles. The number of rotatable bonds is 7. The van der Waals surface area contributed by atoms with Gasteiger partial charge in [0.15, 0.2) is 5.76 Å². The first-order valence-electron chi connectivity index (χ1n) is 7.26. The van der Waals surface area contributed by atoms with E-state index in [1.807, 2.05) is 6.07 Å². The van der Waals surface area contributed by atoms with Gasteiger partial charge in [-0.3, -0.25) is 4.79 Å². The maximum atomic E-state index is 11.8. The van der Waals surface area contributed by atoms with Crippen LogP contribution >= 0.6 is 0 Å². The second-order valence-electron chi connectivity index (χ2n) is 5.08. The minimum Gasteiger partial charge on any atom is -0.486 e. The van der Waals surface area contributed by atoms with Crippen LogP contribution in [-0.2, 0) is 6.61 Å². The van der Waals surface area contributed by atoms with Crippen molar-refractivity contribution < 1.29 is 19.1 Å². The molecule has 1 heterocycles. The molecule has 2 N–H and O–H groups in total. The van der Waals surface area contributed by atoms with Crippen molar-refractivity contribution in [1.29, 1.82) is 5.26 Å². The molecule has 1 atom stereocenters. The molecule has 0 saturated heterocycles. The minimum atomic E-state index is -0.455. The van der Waals surface area contributed by atoms with Crippen molar-refractivity contribution in [3.8, 4) is 11.8 Å². The minimum absolute atomic E-state index is 0.187. The molecule has 6 heteroatoms. The predicted octanol–water partition coefficient (Wildman–Crippen LogP) is 2.23. The van der Waals surface area contributed by atoms with Gasteiger partial charge in [0, 0.05) is 6.54 Å². The topological polar surface area (TPSA) is 95.5 Å². The van der Waals surface area contributed by atoms with Crippen LogP contribution in [0.2, 0.25) is 0 Å². The SMILES string of the molecule is CC(O)CCNC(=O)c1ccc(COc2ccc(C#N)cc2)o1. The number of carbonyl (C=O) groups is 1. The Morgan fingerprint density at radius 1 is 1.35 bits per heavy atom. The molecule has 0 saturated carbocycles. The van der Waals surface area contributed by atoms with Crippen molar-refractivity contribution in [3.63, 3.8) is 0 Å². The van der Waals surface area contributed by atoms with Crippen molar-refractivity contribution in [2.24, 2.45) is 0 Å². The average Bonchev–Trinajstić information content (AvgIpc) is 3.02. The lowest BCUT2D eigenvalue weighted by molar-refractivity contribution is 0.0914. The zero-order valence-corrected chi connectivity index (χ0v) is 12.8. The van der Waals surface area contributed by atoms with E-state index in [9.17, 15) is 4.79 Å². The van der Waals surface area contributed by atoms with E-state index >= 15 is 0 Å². The Balaban J connectivity index is 1.84. The Morgan fingerprint density at radius 3 is 2.74 bits per heavy atom. The molecule has 23 heavy (non-hydrogen) atoms. The molecule has 0 aliphatic heterocycles. The standard InChI is InChI=1S/C17H18N2O4/c1-12(20)8-9-19-17(21)16-7-6-15(23-16)11-22-14-4-2-13(10-18)3-5-14/h2-7,12,20H,8-9,11H2,1H3,(H,19,21). The molecule has 0 bridgehead atoms. The number of aliphatic hydroxyl groups is 1. The number of nitriles is 1. The Bertz CT molecular complexity index is 683. The molecule has 0 radical (unpaired) electrons. The van der Waals surface area contributed by atoms with E-state index in [1.165, 1.54) is 0 Å². The number of benzene rings is 1. The van der Waals surface area contributed by atoms with E-state index in [1.54, 1.807) is 43.3 Å². The molecule has 1 aromatic carbocycles. The summed E-state index contributed by atoms with van der Waals surface area (Å²) >= 11 is 0. The summed E-state index contributed by atoms with van der Waals surface area (Å²) < 4.78 is 10.9. The molecule has 1 aromatic heterocycles. The van der Waals surface area contributed by atoms with Gasteiger partial charge in [0.2, 0.25) is 0 Å². The summed E-state index contributed by atoms with van der Waals surface area (Å²) in [6.07, 6.45) is 0.0319. The fraction of sp³-hybridized carbons (Fsp3) is 0.294. The number of aliphatic hydroxyl groups excluding tert-OH is 1. The quantitative estimate of drug-likeness (QED) is 0.817. The molecule has 120 valence electrons. The number of hydrogen-bond donors (Lipinski definition) is 2. The van der Waals surface area contributed by atoms with Crippen molar-refractivity contribution in [2.75, 3.05) is 6.54 Å². The molecule has 0 spiro atoms. The van der Waals surface area contributed by atoms with Crippen LogP contribution < -0.4 is 10.1 Å². The van der Waals surface area contributed by atoms with Gasteiger partial charge in [0.05, 0.1) is 17.7 Å². The first-order valence-corrected chi connectivity index (χ1v) is 7.26. The summed E-state index contributed by atoms with van der Waals surface area (Å²) in [7, 11) is 0. The fourth-order valence-corrected chi connectivity index (χ4v) is 1.84. The normalized spacial score (nSPS) is 11.5. The molecule has 2 rings (SSSR count). The first-order chi connectivity index (χ1) is 11.1. The van der Waals surface area contributed by atoms with Gasteiger partial charge in [0.25, 0.3) is 5.91 Å². The number of amides is 1. The van der Waals surface area contributed by atoms with E-state index in [2.05, 4.69) is 5.32 Å². The van der Waals surface area contributed by atoms with Crippen LogP contribution in [0.3, 0.4) is 0 Å². The van der Waals surface area contributed by atoms with Crippen LogP contribution in [0.4, 0.5) is 0 Å². The summed E-state index contributed by atoms with van der Waals surface area (Å²) in [6, 6.07) is 12.0. The second kappa shape index (κ2) is 8.01. The Kier molecular flexibility index (Phi) is 5.78. The third kappa shape index (κ3) is 5.16. The summed E-state index contributed by atoms with van der Waals surface area (Å²) in [6.45, 7) is 2.23. The van der Waals surface area contributed by atoms with E-state index in [4.69, 9.17) is 19.5 Å². The third-order valence-corrected chi connectivity index (χ3v) is 3.10. The third-order valence-electron chi connectivity index (χ3n) is 3.10. The Morgan fingerprint density at radius 2 is 2.09 bits per heavy atom. The highest BCUT2D eigenvalue weighted by atomic mass is 16.5. The molecule has 0 fully saturated rings. The molecular formula is C17H18N2O4. The van der Waals surface area contributed by atoms with E-state index in [0.29, 0.717) is 30.0 Å². The smallest absolute Gasteiger partial charge is 0.286 e. The van der Waals surface area contributed by atoms with Crippen molar-refractivity contribution in [3.05, 3.63) is 53.5 Å². The highest BCUT2D eigenvalue weighted by Gasteiger charge is 2.11. The van der Waals surface area contributed by atoms with Gasteiger partial charge >= 0.3 is 0 Å². The molecule has 1 unspecified atom stereocenters. The number of nitrogens with zero attached hydrogens (tertiary/aromatic N) is 1. The number of ether oxygens (including phenoxy) is 1. The van der Waals surface area contributed by atoms with Gasteiger partial charge in [-0.05, 0) is 49.7 Å². The van der Waals surface area contributed by atoms with Crippen molar-refractivity contribution >= 4 is 5.91 Å². The molecule has 1 amide bonds. The van der Waals surface area contributed by atoms with E-state index < -0.39 is 6.10 Å².